The number of rotatable bonds is 2. The van der Waals surface area contributed by atoms with Crippen molar-refractivity contribution in [2.75, 3.05) is 11.4 Å². The van der Waals surface area contributed by atoms with E-state index in [4.69, 9.17) is 10.8 Å². The predicted octanol–water partition coefficient (Wildman–Crippen LogP) is 2.04. The molecular formula is C18H17N3O3. The molecular weight excluding hydrogens is 306 g/mol. The van der Waals surface area contributed by atoms with Gasteiger partial charge in [-0.25, -0.2) is 4.79 Å². The molecule has 2 atom stereocenters. The third-order valence-electron chi connectivity index (χ3n) is 4.73. The van der Waals surface area contributed by atoms with Crippen LogP contribution in [0.1, 0.15) is 50.5 Å². The van der Waals surface area contributed by atoms with Gasteiger partial charge < -0.3 is 21.1 Å². The third kappa shape index (κ3) is 2.15. The second kappa shape index (κ2) is 5.35. The number of carboxylic acids is 1. The van der Waals surface area contributed by atoms with E-state index in [1.165, 1.54) is 0 Å². The van der Waals surface area contributed by atoms with Crippen molar-refractivity contribution in [3.05, 3.63) is 64.7 Å². The molecule has 24 heavy (non-hydrogen) atoms. The molecule has 0 spiro atoms. The Morgan fingerprint density at radius 1 is 1.21 bits per heavy atom. The lowest BCUT2D eigenvalue weighted by atomic mass is 9.90. The normalized spacial score (nSPS) is 21.9. The van der Waals surface area contributed by atoms with Crippen molar-refractivity contribution in [1.82, 2.24) is 5.32 Å². The SMILES string of the molecule is NC1CCN2c3c(cccc31)C(=O)NC2c1ccc(C(=O)O)cc1. The monoisotopic (exact) mass is 323 g/mol. The molecule has 6 nitrogen and oxygen atoms in total. The van der Waals surface area contributed by atoms with E-state index in [0.717, 1.165) is 29.8 Å². The number of carbonyl (C=O) groups excluding carboxylic acids is 1. The van der Waals surface area contributed by atoms with Crippen molar-refractivity contribution < 1.29 is 14.7 Å². The maximum Gasteiger partial charge on any atom is 0.335 e. The van der Waals surface area contributed by atoms with E-state index in [9.17, 15) is 9.59 Å². The van der Waals surface area contributed by atoms with Crippen LogP contribution in [0.3, 0.4) is 0 Å². The number of anilines is 1. The number of carboxylic acid groups (broad SMARTS) is 1. The summed E-state index contributed by atoms with van der Waals surface area (Å²) in [5, 5.41) is 12.1. The molecule has 1 amide bonds. The van der Waals surface area contributed by atoms with Gasteiger partial charge in [0.15, 0.2) is 0 Å². The Hall–Kier alpha value is -2.86. The Labute approximate surface area is 138 Å². The van der Waals surface area contributed by atoms with Crippen LogP contribution < -0.4 is 16.0 Å². The van der Waals surface area contributed by atoms with Gasteiger partial charge in [-0.3, -0.25) is 4.79 Å². The van der Waals surface area contributed by atoms with E-state index in [1.54, 1.807) is 24.3 Å². The molecule has 122 valence electrons. The second-order valence-electron chi connectivity index (χ2n) is 6.14. The Kier molecular flexibility index (Phi) is 3.28. The first-order valence-electron chi connectivity index (χ1n) is 7.85. The number of benzene rings is 2. The number of aromatic carboxylic acids is 1. The Bertz CT molecular complexity index is 832. The first kappa shape index (κ1) is 14.7. The standard InChI is InChI=1S/C18H17N3O3/c19-14-8-9-21-15-12(14)2-1-3-13(15)17(22)20-16(21)10-4-6-11(7-5-10)18(23)24/h1-7,14,16H,8-9,19H2,(H,20,22)(H,23,24). The molecule has 0 fully saturated rings. The zero-order chi connectivity index (χ0) is 16.8. The summed E-state index contributed by atoms with van der Waals surface area (Å²) in [4.78, 5) is 25.7. The lowest BCUT2D eigenvalue weighted by Crippen LogP contribution is -2.49. The number of nitrogens with two attached hydrogens (primary N) is 1. The quantitative estimate of drug-likeness (QED) is 0.786. The molecule has 0 aromatic heterocycles. The summed E-state index contributed by atoms with van der Waals surface area (Å²) in [6.45, 7) is 0.733. The second-order valence-corrected chi connectivity index (χ2v) is 6.14. The van der Waals surface area contributed by atoms with Gasteiger partial charge in [0, 0.05) is 12.6 Å². The highest BCUT2D eigenvalue weighted by molar-refractivity contribution is 6.03. The van der Waals surface area contributed by atoms with Crippen molar-refractivity contribution in [3.63, 3.8) is 0 Å². The van der Waals surface area contributed by atoms with Crippen LogP contribution in [0.2, 0.25) is 0 Å². The number of amides is 1. The molecule has 0 radical (unpaired) electrons. The molecule has 0 saturated carbocycles. The fourth-order valence-corrected chi connectivity index (χ4v) is 3.52. The van der Waals surface area contributed by atoms with Crippen molar-refractivity contribution in [2.45, 2.75) is 18.6 Å². The molecule has 4 rings (SSSR count). The van der Waals surface area contributed by atoms with Gasteiger partial charge in [-0.1, -0.05) is 24.3 Å². The topological polar surface area (TPSA) is 95.7 Å². The average Bonchev–Trinajstić information content (AvgIpc) is 2.60. The van der Waals surface area contributed by atoms with Crippen LogP contribution in [-0.4, -0.2) is 23.5 Å². The molecule has 0 aliphatic carbocycles. The van der Waals surface area contributed by atoms with Crippen molar-refractivity contribution >= 4 is 17.6 Å². The van der Waals surface area contributed by atoms with Gasteiger partial charge >= 0.3 is 5.97 Å². The summed E-state index contributed by atoms with van der Waals surface area (Å²) < 4.78 is 0. The van der Waals surface area contributed by atoms with Crippen LogP contribution >= 0.6 is 0 Å². The number of nitrogens with one attached hydrogen (secondary N) is 1. The van der Waals surface area contributed by atoms with Crippen LogP contribution in [-0.2, 0) is 0 Å². The largest absolute Gasteiger partial charge is 0.478 e. The van der Waals surface area contributed by atoms with E-state index in [0.29, 0.717) is 5.56 Å². The predicted molar refractivity (Wildman–Crippen MR) is 88.9 cm³/mol. The van der Waals surface area contributed by atoms with Crippen LogP contribution in [0.5, 0.6) is 0 Å². The van der Waals surface area contributed by atoms with E-state index in [1.807, 2.05) is 18.2 Å². The molecule has 2 aromatic rings. The minimum Gasteiger partial charge on any atom is -0.478 e. The van der Waals surface area contributed by atoms with Crippen LogP contribution in [0.15, 0.2) is 42.5 Å². The highest BCUT2D eigenvalue weighted by atomic mass is 16.4. The summed E-state index contributed by atoms with van der Waals surface area (Å²) in [6, 6.07) is 12.2. The fraction of sp³-hybridized carbons (Fsp3) is 0.222. The summed E-state index contributed by atoms with van der Waals surface area (Å²) in [7, 11) is 0. The summed E-state index contributed by atoms with van der Waals surface area (Å²) in [5.74, 6) is -1.10. The average molecular weight is 323 g/mol. The van der Waals surface area contributed by atoms with Gasteiger partial charge in [0.2, 0.25) is 0 Å². The highest BCUT2D eigenvalue weighted by Gasteiger charge is 2.37. The summed E-state index contributed by atoms with van der Waals surface area (Å²) >= 11 is 0. The molecule has 2 heterocycles. The molecule has 2 unspecified atom stereocenters. The maximum atomic E-state index is 12.5. The maximum absolute atomic E-state index is 12.5. The zero-order valence-corrected chi connectivity index (χ0v) is 12.9. The number of hydrogen-bond acceptors (Lipinski definition) is 4. The molecule has 2 aromatic carbocycles. The van der Waals surface area contributed by atoms with Gasteiger partial charge in [0.25, 0.3) is 5.91 Å². The first-order valence-corrected chi connectivity index (χ1v) is 7.85. The summed E-state index contributed by atoms with van der Waals surface area (Å²) in [6.07, 6.45) is 0.484. The Balaban J connectivity index is 1.79. The Morgan fingerprint density at radius 3 is 2.67 bits per heavy atom. The number of nitrogens with zero attached hydrogens (tertiary/aromatic N) is 1. The van der Waals surface area contributed by atoms with Crippen molar-refractivity contribution in [1.29, 1.82) is 0 Å². The van der Waals surface area contributed by atoms with E-state index >= 15 is 0 Å². The van der Waals surface area contributed by atoms with Gasteiger partial charge in [-0.15, -0.1) is 0 Å². The molecule has 6 heteroatoms. The number of carbonyl (C=O) groups is 2. The molecule has 2 aliphatic heterocycles. The van der Waals surface area contributed by atoms with Crippen LogP contribution in [0.4, 0.5) is 5.69 Å². The molecule has 4 N–H and O–H groups in total. The number of para-hydroxylation sites is 1. The summed E-state index contributed by atoms with van der Waals surface area (Å²) in [5.41, 5.74) is 9.81. The van der Waals surface area contributed by atoms with Crippen molar-refractivity contribution in [2.24, 2.45) is 5.73 Å². The molecule has 2 aliphatic rings. The van der Waals surface area contributed by atoms with Gasteiger partial charge in [0.1, 0.15) is 6.17 Å². The molecule has 0 saturated heterocycles. The minimum atomic E-state index is -0.967. The molecule has 0 bridgehead atoms. The van der Waals surface area contributed by atoms with E-state index in [-0.39, 0.29) is 23.7 Å². The zero-order valence-electron chi connectivity index (χ0n) is 12.9. The highest BCUT2D eigenvalue weighted by Crippen LogP contribution is 2.41. The van der Waals surface area contributed by atoms with Gasteiger partial charge in [-0.05, 0) is 35.7 Å². The lowest BCUT2D eigenvalue weighted by molar-refractivity contribution is 0.0696. The fourth-order valence-electron chi connectivity index (χ4n) is 3.52. The van der Waals surface area contributed by atoms with E-state index in [2.05, 4.69) is 10.2 Å². The van der Waals surface area contributed by atoms with E-state index < -0.39 is 5.97 Å². The van der Waals surface area contributed by atoms with Crippen LogP contribution in [0, 0.1) is 0 Å². The van der Waals surface area contributed by atoms with Crippen LogP contribution in [0.25, 0.3) is 0 Å². The first-order chi connectivity index (χ1) is 11.6. The minimum absolute atomic E-state index is 0.0721. The lowest BCUT2D eigenvalue weighted by Gasteiger charge is -2.44. The van der Waals surface area contributed by atoms with Gasteiger partial charge in [-0.2, -0.15) is 0 Å². The van der Waals surface area contributed by atoms with Crippen molar-refractivity contribution in [3.8, 4) is 0 Å². The number of hydrogen-bond donors (Lipinski definition) is 3. The smallest absolute Gasteiger partial charge is 0.335 e. The van der Waals surface area contributed by atoms with Gasteiger partial charge in [0.05, 0.1) is 16.8 Å². The Morgan fingerprint density at radius 2 is 1.96 bits per heavy atom. The third-order valence-corrected chi connectivity index (χ3v) is 4.73.